The highest BCUT2D eigenvalue weighted by molar-refractivity contribution is 5.79. The summed E-state index contributed by atoms with van der Waals surface area (Å²) in [7, 11) is 0. The van der Waals surface area contributed by atoms with Gasteiger partial charge in [0.15, 0.2) is 0 Å². The van der Waals surface area contributed by atoms with E-state index in [9.17, 15) is 0 Å². The standard InChI is InChI=1S/C19H26N4.C2H6/c1-3-7-15(4-2)14-23-18-9-6-5-8-17(18)21-19(23)22-12-10-16(20)11-13-22;1-2/h3-9,16H,10-14,20H2,1-2H3;1-2H3/b7-3-,15-4+;. The number of rotatable bonds is 4. The zero-order valence-corrected chi connectivity index (χ0v) is 16.1. The number of piperidine rings is 1. The van der Waals surface area contributed by atoms with E-state index in [1.54, 1.807) is 0 Å². The molecule has 0 radical (unpaired) electrons. The first-order chi connectivity index (χ1) is 12.2. The van der Waals surface area contributed by atoms with Gasteiger partial charge in [0.2, 0.25) is 5.95 Å². The van der Waals surface area contributed by atoms with Gasteiger partial charge in [0.25, 0.3) is 0 Å². The van der Waals surface area contributed by atoms with Gasteiger partial charge in [-0.05, 0) is 44.4 Å². The third-order valence-corrected chi connectivity index (χ3v) is 4.55. The minimum absolute atomic E-state index is 0.332. The van der Waals surface area contributed by atoms with Crippen LogP contribution in [0.2, 0.25) is 0 Å². The number of benzene rings is 1. The summed E-state index contributed by atoms with van der Waals surface area (Å²) >= 11 is 0. The fourth-order valence-corrected chi connectivity index (χ4v) is 3.20. The number of nitrogens with zero attached hydrogens (tertiary/aromatic N) is 3. The molecular weight excluding hydrogens is 308 g/mol. The number of aromatic nitrogens is 2. The zero-order chi connectivity index (χ0) is 18.2. The van der Waals surface area contributed by atoms with E-state index in [4.69, 9.17) is 10.7 Å². The van der Waals surface area contributed by atoms with Gasteiger partial charge in [-0.1, -0.05) is 44.2 Å². The van der Waals surface area contributed by atoms with Crippen LogP contribution in [0.1, 0.15) is 40.5 Å². The molecule has 2 aromatic rings. The van der Waals surface area contributed by atoms with Crippen LogP contribution in [0.4, 0.5) is 5.95 Å². The summed E-state index contributed by atoms with van der Waals surface area (Å²) in [5.41, 5.74) is 9.61. The lowest BCUT2D eigenvalue weighted by Crippen LogP contribution is -2.40. The molecule has 0 bridgehead atoms. The van der Waals surface area contributed by atoms with E-state index in [0.29, 0.717) is 6.04 Å². The number of imidazole rings is 1. The number of hydrogen-bond acceptors (Lipinski definition) is 3. The van der Waals surface area contributed by atoms with Crippen LogP contribution in [-0.4, -0.2) is 28.7 Å². The van der Waals surface area contributed by atoms with Crippen molar-refractivity contribution in [2.24, 2.45) is 5.73 Å². The number of para-hydroxylation sites is 2. The zero-order valence-electron chi connectivity index (χ0n) is 16.1. The molecule has 1 aliphatic heterocycles. The average molecular weight is 341 g/mol. The quantitative estimate of drug-likeness (QED) is 0.833. The molecule has 136 valence electrons. The van der Waals surface area contributed by atoms with Gasteiger partial charge in [-0.3, -0.25) is 0 Å². The van der Waals surface area contributed by atoms with Gasteiger partial charge in [-0.2, -0.15) is 0 Å². The highest BCUT2D eigenvalue weighted by Crippen LogP contribution is 2.26. The summed E-state index contributed by atoms with van der Waals surface area (Å²) in [6.45, 7) is 11.0. The highest BCUT2D eigenvalue weighted by atomic mass is 15.3. The van der Waals surface area contributed by atoms with Crippen molar-refractivity contribution in [3.8, 4) is 0 Å². The van der Waals surface area contributed by atoms with Crippen molar-refractivity contribution in [3.63, 3.8) is 0 Å². The molecule has 1 saturated heterocycles. The summed E-state index contributed by atoms with van der Waals surface area (Å²) in [5, 5.41) is 0. The predicted molar refractivity (Wildman–Crippen MR) is 109 cm³/mol. The van der Waals surface area contributed by atoms with Gasteiger partial charge in [-0.25, -0.2) is 4.98 Å². The van der Waals surface area contributed by atoms with Gasteiger partial charge in [0.05, 0.1) is 17.6 Å². The van der Waals surface area contributed by atoms with Gasteiger partial charge in [0.1, 0.15) is 0 Å². The average Bonchev–Trinajstić information content (AvgIpc) is 3.02. The fourth-order valence-electron chi connectivity index (χ4n) is 3.20. The van der Waals surface area contributed by atoms with Crippen LogP contribution >= 0.6 is 0 Å². The van der Waals surface area contributed by atoms with E-state index in [1.165, 1.54) is 11.1 Å². The second kappa shape index (κ2) is 9.42. The van der Waals surface area contributed by atoms with Crippen molar-refractivity contribution in [2.45, 2.75) is 53.1 Å². The molecule has 3 rings (SSSR count). The summed E-state index contributed by atoms with van der Waals surface area (Å²) in [6.07, 6.45) is 8.51. The summed E-state index contributed by atoms with van der Waals surface area (Å²) in [5.74, 6) is 1.07. The molecule has 0 saturated carbocycles. The Bertz CT molecular complexity index is 719. The van der Waals surface area contributed by atoms with E-state index in [0.717, 1.165) is 43.9 Å². The Balaban J connectivity index is 0.00000109. The van der Waals surface area contributed by atoms with Crippen LogP contribution in [0.25, 0.3) is 11.0 Å². The van der Waals surface area contributed by atoms with Crippen LogP contribution in [-0.2, 0) is 6.54 Å². The molecule has 1 fully saturated rings. The largest absolute Gasteiger partial charge is 0.342 e. The second-order valence-electron chi connectivity index (χ2n) is 6.17. The van der Waals surface area contributed by atoms with Crippen LogP contribution in [0.15, 0.2) is 48.1 Å². The first-order valence-corrected chi connectivity index (χ1v) is 9.46. The summed E-state index contributed by atoms with van der Waals surface area (Å²) in [6, 6.07) is 8.72. The fraction of sp³-hybridized carbons (Fsp3) is 0.476. The molecule has 0 aliphatic carbocycles. The Labute approximate surface area is 152 Å². The molecule has 1 aromatic carbocycles. The summed E-state index contributed by atoms with van der Waals surface area (Å²) < 4.78 is 2.33. The first kappa shape index (κ1) is 19.3. The van der Waals surface area contributed by atoms with Crippen molar-refractivity contribution in [1.82, 2.24) is 9.55 Å². The first-order valence-electron chi connectivity index (χ1n) is 9.46. The summed E-state index contributed by atoms with van der Waals surface area (Å²) in [4.78, 5) is 7.29. The maximum absolute atomic E-state index is 6.06. The Morgan fingerprint density at radius 2 is 1.88 bits per heavy atom. The molecule has 1 aromatic heterocycles. The van der Waals surface area contributed by atoms with Gasteiger partial charge >= 0.3 is 0 Å². The lowest BCUT2D eigenvalue weighted by Gasteiger charge is -2.31. The molecular formula is C21H32N4. The molecule has 4 nitrogen and oxygen atoms in total. The molecule has 4 heteroatoms. The third kappa shape index (κ3) is 4.51. The molecule has 1 aliphatic rings. The monoisotopic (exact) mass is 340 g/mol. The Kier molecular flexibility index (Phi) is 7.26. The molecule has 0 spiro atoms. The maximum Gasteiger partial charge on any atom is 0.206 e. The highest BCUT2D eigenvalue weighted by Gasteiger charge is 2.22. The number of anilines is 1. The van der Waals surface area contributed by atoms with E-state index in [2.05, 4.69) is 65.8 Å². The van der Waals surface area contributed by atoms with Gasteiger partial charge in [-0.15, -0.1) is 0 Å². The van der Waals surface area contributed by atoms with E-state index >= 15 is 0 Å². The number of nitrogens with two attached hydrogens (primary N) is 1. The molecule has 0 atom stereocenters. The smallest absolute Gasteiger partial charge is 0.206 e. The van der Waals surface area contributed by atoms with Gasteiger partial charge in [0, 0.05) is 19.1 Å². The predicted octanol–water partition coefficient (Wildman–Crippen LogP) is 4.51. The lowest BCUT2D eigenvalue weighted by molar-refractivity contribution is 0.491. The van der Waals surface area contributed by atoms with Crippen LogP contribution in [0.3, 0.4) is 0 Å². The van der Waals surface area contributed by atoms with E-state index < -0.39 is 0 Å². The van der Waals surface area contributed by atoms with Crippen LogP contribution in [0, 0.1) is 0 Å². The SMILES string of the molecule is C/C=C\C(=C/C)Cn1c(N2CCC(N)CC2)nc2ccccc21.CC. The Hall–Kier alpha value is -2.07. The minimum atomic E-state index is 0.332. The maximum atomic E-state index is 6.06. The van der Waals surface area contributed by atoms with Crippen molar-refractivity contribution < 1.29 is 0 Å². The van der Waals surface area contributed by atoms with Crippen molar-refractivity contribution in [2.75, 3.05) is 18.0 Å². The normalized spacial score (nSPS) is 16.4. The lowest BCUT2D eigenvalue weighted by atomic mass is 10.1. The third-order valence-electron chi connectivity index (χ3n) is 4.55. The van der Waals surface area contributed by atoms with E-state index in [1.807, 2.05) is 13.8 Å². The molecule has 25 heavy (non-hydrogen) atoms. The minimum Gasteiger partial charge on any atom is -0.342 e. The number of hydrogen-bond donors (Lipinski definition) is 1. The molecule has 0 amide bonds. The topological polar surface area (TPSA) is 47.1 Å². The Morgan fingerprint density at radius 1 is 1.20 bits per heavy atom. The second-order valence-corrected chi connectivity index (χ2v) is 6.17. The van der Waals surface area contributed by atoms with Gasteiger partial charge < -0.3 is 15.2 Å². The van der Waals surface area contributed by atoms with E-state index in [-0.39, 0.29) is 0 Å². The van der Waals surface area contributed by atoms with Crippen molar-refractivity contribution in [3.05, 3.63) is 48.1 Å². The van der Waals surface area contributed by atoms with Crippen molar-refractivity contribution in [1.29, 1.82) is 0 Å². The van der Waals surface area contributed by atoms with Crippen LogP contribution < -0.4 is 10.6 Å². The van der Waals surface area contributed by atoms with Crippen LogP contribution in [0.5, 0.6) is 0 Å². The molecule has 2 heterocycles. The number of fused-ring (bicyclic) bond motifs is 1. The molecule has 2 N–H and O–H groups in total. The molecule has 0 unspecified atom stereocenters. The number of allylic oxidation sites excluding steroid dienone is 4. The van der Waals surface area contributed by atoms with Crippen molar-refractivity contribution >= 4 is 17.0 Å². The Morgan fingerprint density at radius 3 is 2.52 bits per heavy atom.